The Labute approximate surface area is 110 Å². The Hall–Kier alpha value is -1.01. The lowest BCUT2D eigenvalue weighted by Crippen LogP contribution is -2.25. The lowest BCUT2D eigenvalue weighted by atomic mass is 10.2. The van der Waals surface area contributed by atoms with E-state index in [1.165, 1.54) is 0 Å². The molecular formula is C12H19N3O2S. The highest BCUT2D eigenvalue weighted by Gasteiger charge is 2.26. The molecule has 2 rings (SSSR count). The van der Waals surface area contributed by atoms with Crippen LogP contribution in [0.1, 0.15) is 31.3 Å². The van der Waals surface area contributed by atoms with Crippen molar-refractivity contribution in [1.82, 2.24) is 9.97 Å². The van der Waals surface area contributed by atoms with E-state index < -0.39 is 10.8 Å². The zero-order valence-electron chi connectivity index (χ0n) is 10.8. The average Bonchev–Trinajstić information content (AvgIpc) is 2.70. The summed E-state index contributed by atoms with van der Waals surface area (Å²) in [6.45, 7) is 3.96. The van der Waals surface area contributed by atoms with E-state index in [0.29, 0.717) is 17.4 Å². The molecule has 0 aliphatic carbocycles. The van der Waals surface area contributed by atoms with Gasteiger partial charge < -0.3 is 10.4 Å². The molecule has 0 aromatic carbocycles. The van der Waals surface area contributed by atoms with E-state index >= 15 is 0 Å². The molecule has 2 atom stereocenters. The molecule has 0 spiro atoms. The second-order valence-corrected chi connectivity index (χ2v) is 6.01. The highest BCUT2D eigenvalue weighted by molar-refractivity contribution is 7.85. The number of nitrogens with zero attached hydrogens (tertiary/aromatic N) is 2. The zero-order chi connectivity index (χ0) is 13.1. The highest BCUT2D eigenvalue weighted by atomic mass is 32.2. The molecule has 0 radical (unpaired) electrons. The number of aromatic nitrogens is 2. The van der Waals surface area contributed by atoms with Crippen LogP contribution in [0.5, 0.6) is 0 Å². The van der Waals surface area contributed by atoms with E-state index in [1.54, 1.807) is 0 Å². The van der Waals surface area contributed by atoms with E-state index in [4.69, 9.17) is 0 Å². The molecule has 2 unspecified atom stereocenters. The van der Waals surface area contributed by atoms with Gasteiger partial charge in [-0.25, -0.2) is 9.97 Å². The van der Waals surface area contributed by atoms with Crippen LogP contribution in [0.3, 0.4) is 0 Å². The quantitative estimate of drug-likeness (QED) is 0.835. The first-order valence-electron chi connectivity index (χ1n) is 6.29. The van der Waals surface area contributed by atoms with Crippen LogP contribution in [0.4, 0.5) is 5.82 Å². The molecule has 18 heavy (non-hydrogen) atoms. The van der Waals surface area contributed by atoms with Crippen LogP contribution in [-0.4, -0.2) is 37.7 Å². The molecule has 0 fully saturated rings. The maximum Gasteiger partial charge on any atom is 0.146 e. The Morgan fingerprint density at radius 1 is 1.50 bits per heavy atom. The van der Waals surface area contributed by atoms with E-state index in [1.807, 2.05) is 6.92 Å². The number of aryl methyl sites for hydroxylation is 2. The van der Waals surface area contributed by atoms with Crippen LogP contribution >= 0.6 is 0 Å². The molecule has 2 N–H and O–H groups in total. The Kier molecular flexibility index (Phi) is 4.29. The third kappa shape index (κ3) is 2.70. The van der Waals surface area contributed by atoms with Gasteiger partial charge in [0.15, 0.2) is 0 Å². The van der Waals surface area contributed by atoms with Crippen LogP contribution in [0.15, 0.2) is 4.90 Å². The number of nitrogens with one attached hydrogen (secondary N) is 1. The SMILES string of the molecule is CCCC(CO)Nc1nc(C)nc2c1S(=O)CC2. The predicted molar refractivity (Wildman–Crippen MR) is 71.2 cm³/mol. The van der Waals surface area contributed by atoms with Gasteiger partial charge in [-0.05, 0) is 13.3 Å². The van der Waals surface area contributed by atoms with Crippen molar-refractivity contribution in [2.45, 2.75) is 44.0 Å². The second-order valence-electron chi connectivity index (χ2n) is 4.51. The topological polar surface area (TPSA) is 75.1 Å². The van der Waals surface area contributed by atoms with Crippen LogP contribution in [0.25, 0.3) is 0 Å². The summed E-state index contributed by atoms with van der Waals surface area (Å²) in [4.78, 5) is 9.41. The number of aliphatic hydroxyl groups is 1. The molecule has 1 aromatic rings. The summed E-state index contributed by atoms with van der Waals surface area (Å²) < 4.78 is 12.0. The van der Waals surface area contributed by atoms with Gasteiger partial charge in [0.1, 0.15) is 16.5 Å². The van der Waals surface area contributed by atoms with Crippen LogP contribution < -0.4 is 5.32 Å². The number of hydrogen-bond donors (Lipinski definition) is 2. The van der Waals surface area contributed by atoms with Crippen molar-refractivity contribution in [2.75, 3.05) is 17.7 Å². The zero-order valence-corrected chi connectivity index (χ0v) is 11.6. The van der Waals surface area contributed by atoms with Crippen molar-refractivity contribution in [1.29, 1.82) is 0 Å². The Morgan fingerprint density at radius 3 is 2.94 bits per heavy atom. The minimum atomic E-state index is -1.01. The van der Waals surface area contributed by atoms with E-state index in [-0.39, 0.29) is 12.6 Å². The smallest absolute Gasteiger partial charge is 0.146 e. The maximum atomic E-state index is 12.0. The summed E-state index contributed by atoms with van der Waals surface area (Å²) in [6, 6.07) is -0.0361. The number of hydrogen-bond acceptors (Lipinski definition) is 5. The summed E-state index contributed by atoms with van der Waals surface area (Å²) in [7, 11) is -1.01. The maximum absolute atomic E-state index is 12.0. The van der Waals surface area contributed by atoms with Crippen molar-refractivity contribution < 1.29 is 9.32 Å². The highest BCUT2D eigenvalue weighted by Crippen LogP contribution is 2.28. The van der Waals surface area contributed by atoms with Crippen LogP contribution in [0.2, 0.25) is 0 Å². The summed E-state index contributed by atoms with van der Waals surface area (Å²) in [5.74, 6) is 1.95. The van der Waals surface area contributed by atoms with E-state index in [2.05, 4.69) is 22.2 Å². The first kappa shape index (κ1) is 13.4. The van der Waals surface area contributed by atoms with Gasteiger partial charge in [0, 0.05) is 12.2 Å². The molecule has 6 heteroatoms. The minimum absolute atomic E-state index is 0.0361. The van der Waals surface area contributed by atoms with Gasteiger partial charge in [-0.15, -0.1) is 0 Å². The summed E-state index contributed by atoms with van der Waals surface area (Å²) >= 11 is 0. The molecule has 1 aliphatic rings. The molecular weight excluding hydrogens is 250 g/mol. The third-order valence-corrected chi connectivity index (χ3v) is 4.46. The van der Waals surface area contributed by atoms with Crippen molar-refractivity contribution in [3.63, 3.8) is 0 Å². The number of anilines is 1. The van der Waals surface area contributed by atoms with Gasteiger partial charge in [0.2, 0.25) is 0 Å². The first-order valence-corrected chi connectivity index (χ1v) is 7.60. The number of fused-ring (bicyclic) bond motifs is 1. The third-order valence-electron chi connectivity index (χ3n) is 3.00. The Balaban J connectivity index is 2.30. The number of rotatable bonds is 5. The fraction of sp³-hybridized carbons (Fsp3) is 0.667. The average molecular weight is 269 g/mol. The molecule has 5 nitrogen and oxygen atoms in total. The molecule has 0 saturated carbocycles. The van der Waals surface area contributed by atoms with Crippen molar-refractivity contribution in [3.8, 4) is 0 Å². The normalized spacial score (nSPS) is 19.6. The molecule has 1 aromatic heterocycles. The van der Waals surface area contributed by atoms with Gasteiger partial charge >= 0.3 is 0 Å². The fourth-order valence-electron chi connectivity index (χ4n) is 2.17. The van der Waals surface area contributed by atoms with Crippen LogP contribution in [0, 0.1) is 6.92 Å². The van der Waals surface area contributed by atoms with Gasteiger partial charge in [-0.1, -0.05) is 13.3 Å². The van der Waals surface area contributed by atoms with Crippen molar-refractivity contribution >= 4 is 16.6 Å². The van der Waals surface area contributed by atoms with E-state index in [0.717, 1.165) is 29.9 Å². The molecule has 1 aliphatic heterocycles. The van der Waals surface area contributed by atoms with Gasteiger partial charge in [-0.2, -0.15) is 0 Å². The van der Waals surface area contributed by atoms with Crippen LogP contribution in [-0.2, 0) is 17.2 Å². The predicted octanol–water partition coefficient (Wildman–Crippen LogP) is 1.02. The summed E-state index contributed by atoms with van der Waals surface area (Å²) in [5.41, 5.74) is 0.886. The summed E-state index contributed by atoms with van der Waals surface area (Å²) in [6.07, 6.45) is 2.59. The van der Waals surface area contributed by atoms with Crippen molar-refractivity contribution in [3.05, 3.63) is 11.5 Å². The minimum Gasteiger partial charge on any atom is -0.394 e. The monoisotopic (exact) mass is 269 g/mol. The standard InChI is InChI=1S/C12H19N3O2S/c1-3-4-9(7-16)15-12-11-10(5-6-18(11)17)13-8(2)14-12/h9,16H,3-7H2,1-2H3,(H,13,14,15). The molecule has 2 heterocycles. The molecule has 0 saturated heterocycles. The fourth-order valence-corrected chi connectivity index (χ4v) is 3.48. The molecule has 0 bridgehead atoms. The molecule has 0 amide bonds. The largest absolute Gasteiger partial charge is 0.394 e. The lowest BCUT2D eigenvalue weighted by molar-refractivity contribution is 0.268. The summed E-state index contributed by atoms with van der Waals surface area (Å²) in [5, 5.41) is 12.5. The Bertz CT molecular complexity index is 465. The van der Waals surface area contributed by atoms with Gasteiger partial charge in [0.05, 0.1) is 29.1 Å². The second kappa shape index (κ2) is 5.75. The first-order chi connectivity index (χ1) is 8.65. The lowest BCUT2D eigenvalue weighted by Gasteiger charge is -2.18. The van der Waals surface area contributed by atoms with Gasteiger partial charge in [0.25, 0.3) is 0 Å². The number of aliphatic hydroxyl groups excluding tert-OH is 1. The van der Waals surface area contributed by atoms with Gasteiger partial charge in [-0.3, -0.25) is 4.21 Å². The molecule has 100 valence electrons. The van der Waals surface area contributed by atoms with E-state index in [9.17, 15) is 9.32 Å². The van der Waals surface area contributed by atoms with Crippen molar-refractivity contribution in [2.24, 2.45) is 0 Å². The Morgan fingerprint density at radius 2 is 2.28 bits per heavy atom.